The average molecular weight is 471 g/mol. The number of sulfone groups is 1. The highest BCUT2D eigenvalue weighted by molar-refractivity contribution is 7.91. The molecule has 0 saturated heterocycles. The fraction of sp³-hybridized carbons (Fsp3) is 0.200. The van der Waals surface area contributed by atoms with Crippen LogP contribution >= 0.6 is 22.9 Å². The van der Waals surface area contributed by atoms with E-state index in [9.17, 15) is 22.0 Å². The molecular weight excluding hydrogens is 454 g/mol. The van der Waals surface area contributed by atoms with Gasteiger partial charge >= 0.3 is 0 Å². The first kappa shape index (κ1) is 22.3. The molecule has 0 aliphatic rings. The highest BCUT2D eigenvalue weighted by atomic mass is 35.5. The standard InChI is InChI=1S/C20H17ClF2N2O3S2/c1-2-9-25-19-16(23)11-14(22)12-17(19)29-20(25)24-18(26)4-3-10-30(27,28)15-7-5-13(21)6-8-15/h2,5-8,11-12H,1,3-4,9-10H2. The number of hydrogen-bond acceptors (Lipinski definition) is 4. The van der Waals surface area contributed by atoms with Crippen molar-refractivity contribution in [1.82, 2.24) is 4.57 Å². The van der Waals surface area contributed by atoms with Crippen molar-refractivity contribution in [3.8, 4) is 0 Å². The molecule has 0 radical (unpaired) electrons. The molecule has 3 rings (SSSR count). The predicted octanol–water partition coefficient (Wildman–Crippen LogP) is 4.50. The summed E-state index contributed by atoms with van der Waals surface area (Å²) in [6.07, 6.45) is 1.48. The molecule has 0 bridgehead atoms. The quantitative estimate of drug-likeness (QED) is 0.477. The molecule has 2 aromatic carbocycles. The second-order valence-electron chi connectivity index (χ2n) is 6.40. The van der Waals surface area contributed by atoms with Crippen molar-refractivity contribution < 1.29 is 22.0 Å². The number of carbonyl (C=O) groups excluding carboxylic acids is 1. The molecule has 1 amide bonds. The molecule has 5 nitrogen and oxygen atoms in total. The lowest BCUT2D eigenvalue weighted by Gasteiger charge is -2.04. The Hall–Kier alpha value is -2.36. The van der Waals surface area contributed by atoms with Gasteiger partial charge in [0.1, 0.15) is 5.82 Å². The molecule has 0 spiro atoms. The molecule has 0 atom stereocenters. The van der Waals surface area contributed by atoms with Crippen LogP contribution in [0.3, 0.4) is 0 Å². The average Bonchev–Trinajstić information content (AvgIpc) is 2.99. The van der Waals surface area contributed by atoms with Crippen LogP contribution in [-0.4, -0.2) is 24.6 Å². The van der Waals surface area contributed by atoms with Gasteiger partial charge in [-0.15, -0.1) is 6.58 Å². The summed E-state index contributed by atoms with van der Waals surface area (Å²) < 4.78 is 54.1. The maximum Gasteiger partial charge on any atom is 0.248 e. The lowest BCUT2D eigenvalue weighted by atomic mass is 10.3. The smallest absolute Gasteiger partial charge is 0.248 e. The number of halogens is 3. The highest BCUT2D eigenvalue weighted by Gasteiger charge is 2.16. The van der Waals surface area contributed by atoms with Gasteiger partial charge in [0.2, 0.25) is 5.91 Å². The number of allylic oxidation sites excluding steroid dienone is 1. The van der Waals surface area contributed by atoms with Gasteiger partial charge in [-0.2, -0.15) is 4.99 Å². The number of thiazole rings is 1. The maximum atomic E-state index is 14.2. The van der Waals surface area contributed by atoms with Crippen molar-refractivity contribution in [2.45, 2.75) is 24.3 Å². The van der Waals surface area contributed by atoms with Crippen LogP contribution in [0, 0.1) is 11.6 Å². The normalized spacial score (nSPS) is 12.4. The van der Waals surface area contributed by atoms with Gasteiger partial charge in [-0.25, -0.2) is 17.2 Å². The number of amides is 1. The molecule has 1 heterocycles. The highest BCUT2D eigenvalue weighted by Crippen LogP contribution is 2.22. The Labute approximate surface area is 180 Å². The van der Waals surface area contributed by atoms with E-state index in [2.05, 4.69) is 11.6 Å². The van der Waals surface area contributed by atoms with Crippen molar-refractivity contribution in [2.75, 3.05) is 5.75 Å². The van der Waals surface area contributed by atoms with Gasteiger partial charge in [0.05, 0.1) is 20.9 Å². The second kappa shape index (κ2) is 9.20. The SMILES string of the molecule is C=CCn1c(=NC(=O)CCCS(=O)(=O)c2ccc(Cl)cc2)sc2cc(F)cc(F)c21. The zero-order valence-corrected chi connectivity index (χ0v) is 18.0. The van der Waals surface area contributed by atoms with E-state index < -0.39 is 27.4 Å². The summed E-state index contributed by atoms with van der Waals surface area (Å²) in [5.41, 5.74) is 0.137. The zero-order chi connectivity index (χ0) is 21.9. The first-order valence-corrected chi connectivity index (χ1v) is 11.7. The Morgan fingerprint density at radius 2 is 1.93 bits per heavy atom. The number of hydrogen-bond donors (Lipinski definition) is 0. The minimum Gasteiger partial charge on any atom is -0.310 e. The summed E-state index contributed by atoms with van der Waals surface area (Å²) in [7, 11) is -3.55. The third kappa shape index (κ3) is 5.03. The molecule has 0 aliphatic heterocycles. The summed E-state index contributed by atoms with van der Waals surface area (Å²) in [5, 5.41) is 0.426. The van der Waals surface area contributed by atoms with Crippen molar-refractivity contribution in [1.29, 1.82) is 0 Å². The lowest BCUT2D eigenvalue weighted by Crippen LogP contribution is -2.17. The molecule has 0 unspecified atom stereocenters. The fourth-order valence-corrected chi connectivity index (χ4v) is 5.38. The van der Waals surface area contributed by atoms with Crippen LogP contribution in [-0.2, 0) is 21.2 Å². The van der Waals surface area contributed by atoms with Crippen molar-refractivity contribution in [2.24, 2.45) is 4.99 Å². The van der Waals surface area contributed by atoms with E-state index in [0.717, 1.165) is 17.4 Å². The van der Waals surface area contributed by atoms with E-state index in [1.807, 2.05) is 0 Å². The van der Waals surface area contributed by atoms with Gasteiger partial charge in [-0.3, -0.25) is 4.79 Å². The molecular formula is C20H17ClF2N2O3S2. The first-order chi connectivity index (χ1) is 14.2. The molecule has 3 aromatic rings. The van der Waals surface area contributed by atoms with E-state index >= 15 is 0 Å². The Bertz CT molecular complexity index is 1280. The Kier molecular flexibility index (Phi) is 6.84. The number of nitrogens with zero attached hydrogens (tertiary/aromatic N) is 2. The molecule has 1 aromatic heterocycles. The van der Waals surface area contributed by atoms with Gasteiger partial charge in [0, 0.05) is 24.1 Å². The van der Waals surface area contributed by atoms with Gasteiger partial charge in [-0.05, 0) is 36.8 Å². The topological polar surface area (TPSA) is 68.5 Å². The van der Waals surface area contributed by atoms with E-state index in [4.69, 9.17) is 11.6 Å². The third-order valence-electron chi connectivity index (χ3n) is 4.20. The van der Waals surface area contributed by atoms with Crippen LogP contribution in [0.2, 0.25) is 5.02 Å². The Morgan fingerprint density at radius 1 is 1.23 bits per heavy atom. The van der Waals surface area contributed by atoms with E-state index in [1.165, 1.54) is 41.0 Å². The third-order valence-corrected chi connectivity index (χ3v) is 7.30. The van der Waals surface area contributed by atoms with E-state index in [1.54, 1.807) is 0 Å². The largest absolute Gasteiger partial charge is 0.310 e. The Morgan fingerprint density at radius 3 is 2.60 bits per heavy atom. The summed E-state index contributed by atoms with van der Waals surface area (Å²) in [6, 6.07) is 7.72. The van der Waals surface area contributed by atoms with Gasteiger partial charge in [-0.1, -0.05) is 29.0 Å². The first-order valence-electron chi connectivity index (χ1n) is 8.86. The molecule has 0 fully saturated rings. The van der Waals surface area contributed by atoms with Crippen LogP contribution in [0.5, 0.6) is 0 Å². The number of aromatic nitrogens is 1. The monoisotopic (exact) mass is 470 g/mol. The predicted molar refractivity (Wildman–Crippen MR) is 113 cm³/mol. The second-order valence-corrected chi connectivity index (χ2v) is 9.95. The number of fused-ring (bicyclic) bond motifs is 1. The molecule has 0 N–H and O–H groups in total. The molecule has 0 aliphatic carbocycles. The fourth-order valence-electron chi connectivity index (χ4n) is 2.85. The van der Waals surface area contributed by atoms with E-state index in [-0.39, 0.29) is 40.4 Å². The van der Waals surface area contributed by atoms with Crippen molar-refractivity contribution >= 4 is 48.9 Å². The van der Waals surface area contributed by atoms with Crippen LogP contribution in [0.4, 0.5) is 8.78 Å². The van der Waals surface area contributed by atoms with Crippen molar-refractivity contribution in [3.63, 3.8) is 0 Å². The number of benzene rings is 2. The lowest BCUT2D eigenvalue weighted by molar-refractivity contribution is -0.118. The van der Waals surface area contributed by atoms with Crippen LogP contribution in [0.15, 0.2) is 58.9 Å². The molecule has 0 saturated carbocycles. The molecule has 10 heteroatoms. The van der Waals surface area contributed by atoms with Gasteiger partial charge < -0.3 is 4.57 Å². The summed E-state index contributed by atoms with van der Waals surface area (Å²) in [4.78, 5) is 16.6. The summed E-state index contributed by atoms with van der Waals surface area (Å²) in [6.45, 7) is 3.79. The van der Waals surface area contributed by atoms with Gasteiger partial charge in [0.25, 0.3) is 0 Å². The number of rotatable bonds is 7. The van der Waals surface area contributed by atoms with Crippen LogP contribution in [0.25, 0.3) is 10.2 Å². The molecule has 158 valence electrons. The zero-order valence-electron chi connectivity index (χ0n) is 15.6. The molecule has 30 heavy (non-hydrogen) atoms. The van der Waals surface area contributed by atoms with Crippen molar-refractivity contribution in [3.05, 3.63) is 70.5 Å². The Balaban J connectivity index is 1.79. The van der Waals surface area contributed by atoms with Crippen LogP contribution in [0.1, 0.15) is 12.8 Å². The minimum atomic E-state index is -3.55. The van der Waals surface area contributed by atoms with Gasteiger partial charge in [0.15, 0.2) is 20.5 Å². The summed E-state index contributed by atoms with van der Waals surface area (Å²) in [5.74, 6) is -2.26. The summed E-state index contributed by atoms with van der Waals surface area (Å²) >= 11 is 6.74. The maximum absolute atomic E-state index is 14.2. The van der Waals surface area contributed by atoms with E-state index in [0.29, 0.717) is 9.72 Å². The minimum absolute atomic E-state index is 0.0721. The van der Waals surface area contributed by atoms with Crippen LogP contribution < -0.4 is 4.80 Å². The number of carbonyl (C=O) groups is 1.